The molecule has 2 nitrogen and oxygen atoms in total. The van der Waals surface area contributed by atoms with Crippen molar-refractivity contribution < 1.29 is 0 Å². The molecule has 0 bridgehead atoms. The van der Waals surface area contributed by atoms with Gasteiger partial charge in [0.25, 0.3) is 0 Å². The van der Waals surface area contributed by atoms with E-state index < -0.39 is 0 Å². The van der Waals surface area contributed by atoms with Gasteiger partial charge in [-0.15, -0.1) is 0 Å². The van der Waals surface area contributed by atoms with Crippen LogP contribution in [0.4, 0.5) is 0 Å². The van der Waals surface area contributed by atoms with E-state index in [0.717, 1.165) is 6.42 Å². The summed E-state index contributed by atoms with van der Waals surface area (Å²) < 4.78 is 0. The van der Waals surface area contributed by atoms with Crippen LogP contribution >= 0.6 is 0 Å². The third-order valence-corrected chi connectivity index (χ3v) is 1.85. The lowest BCUT2D eigenvalue weighted by Crippen LogP contribution is -2.39. The second-order valence-corrected chi connectivity index (χ2v) is 2.96. The maximum Gasteiger partial charge on any atom is 0.00226 e. The molecule has 0 aliphatic carbocycles. The summed E-state index contributed by atoms with van der Waals surface area (Å²) in [6, 6.07) is 0.380. The van der Waals surface area contributed by atoms with Crippen molar-refractivity contribution in [2.75, 3.05) is 19.6 Å². The number of nitrogens with zero attached hydrogens (tertiary/aromatic N) is 1. The van der Waals surface area contributed by atoms with E-state index in [-0.39, 0.29) is 0 Å². The summed E-state index contributed by atoms with van der Waals surface area (Å²) >= 11 is 0. The Labute approximate surface area is 57.0 Å². The van der Waals surface area contributed by atoms with E-state index in [2.05, 4.69) is 11.8 Å². The summed E-state index contributed by atoms with van der Waals surface area (Å²) in [4.78, 5) is 2.45. The van der Waals surface area contributed by atoms with Gasteiger partial charge >= 0.3 is 0 Å². The molecular weight excluding hydrogens is 112 g/mol. The van der Waals surface area contributed by atoms with Gasteiger partial charge in [0, 0.05) is 6.04 Å². The fourth-order valence-corrected chi connectivity index (χ4v) is 0.992. The zero-order chi connectivity index (χ0) is 6.69. The van der Waals surface area contributed by atoms with Crippen LogP contribution in [0, 0.1) is 0 Å². The molecule has 0 aromatic heterocycles. The van der Waals surface area contributed by atoms with E-state index >= 15 is 0 Å². The molecule has 1 aliphatic rings. The van der Waals surface area contributed by atoms with Crippen LogP contribution in [0.1, 0.15) is 19.8 Å². The molecule has 0 aromatic rings. The van der Waals surface area contributed by atoms with Crippen LogP contribution in [0.25, 0.3) is 0 Å². The molecular formula is C7H16N2. The first-order valence-electron chi connectivity index (χ1n) is 3.77. The monoisotopic (exact) mass is 128 g/mol. The second kappa shape index (κ2) is 3.18. The minimum atomic E-state index is 0.380. The molecule has 1 rings (SSSR count). The molecule has 0 saturated carbocycles. The van der Waals surface area contributed by atoms with E-state index in [1.54, 1.807) is 0 Å². The fraction of sp³-hybridized carbons (Fsp3) is 1.00. The maximum atomic E-state index is 5.59. The maximum absolute atomic E-state index is 5.59. The van der Waals surface area contributed by atoms with Crippen LogP contribution < -0.4 is 5.73 Å². The Morgan fingerprint density at radius 3 is 2.56 bits per heavy atom. The van der Waals surface area contributed by atoms with Gasteiger partial charge in [-0.1, -0.05) is 0 Å². The fourth-order valence-electron chi connectivity index (χ4n) is 0.992. The van der Waals surface area contributed by atoms with Crippen molar-refractivity contribution in [3.05, 3.63) is 0 Å². The number of nitrogens with two attached hydrogens (primary N) is 1. The van der Waals surface area contributed by atoms with Crippen molar-refractivity contribution in [1.82, 2.24) is 4.90 Å². The van der Waals surface area contributed by atoms with E-state index in [1.807, 2.05) is 0 Å². The van der Waals surface area contributed by atoms with Crippen LogP contribution in [0.3, 0.4) is 0 Å². The van der Waals surface area contributed by atoms with Gasteiger partial charge in [0.15, 0.2) is 0 Å². The molecule has 1 fully saturated rings. The van der Waals surface area contributed by atoms with Gasteiger partial charge < -0.3 is 10.6 Å². The van der Waals surface area contributed by atoms with Crippen molar-refractivity contribution in [2.45, 2.75) is 25.8 Å². The first-order valence-corrected chi connectivity index (χ1v) is 3.77. The van der Waals surface area contributed by atoms with Crippen LogP contribution in [0.15, 0.2) is 0 Å². The molecule has 0 amide bonds. The quantitative estimate of drug-likeness (QED) is 0.597. The summed E-state index contributed by atoms with van der Waals surface area (Å²) in [5.74, 6) is 0. The highest BCUT2D eigenvalue weighted by molar-refractivity contribution is 4.69. The molecule has 1 unspecified atom stereocenters. The Balaban J connectivity index is 1.91. The Bertz CT molecular complexity index is 77.0. The Morgan fingerprint density at radius 2 is 2.22 bits per heavy atom. The largest absolute Gasteiger partial charge is 0.328 e. The standard InChI is InChI=1S/C7H16N2/c1-7(8)3-6-9-4-2-5-9/h7H,2-6,8H2,1H3. The highest BCUT2D eigenvalue weighted by Crippen LogP contribution is 2.05. The molecule has 9 heavy (non-hydrogen) atoms. The summed E-state index contributed by atoms with van der Waals surface area (Å²) in [7, 11) is 0. The zero-order valence-corrected chi connectivity index (χ0v) is 6.14. The van der Waals surface area contributed by atoms with E-state index in [4.69, 9.17) is 5.73 Å². The van der Waals surface area contributed by atoms with Crippen LogP contribution in [0.5, 0.6) is 0 Å². The van der Waals surface area contributed by atoms with Gasteiger partial charge in [0.2, 0.25) is 0 Å². The van der Waals surface area contributed by atoms with Crippen LogP contribution in [-0.2, 0) is 0 Å². The van der Waals surface area contributed by atoms with Crippen molar-refractivity contribution >= 4 is 0 Å². The Morgan fingerprint density at radius 1 is 1.56 bits per heavy atom. The van der Waals surface area contributed by atoms with Gasteiger partial charge in [-0.2, -0.15) is 0 Å². The minimum Gasteiger partial charge on any atom is -0.328 e. The van der Waals surface area contributed by atoms with Crippen LogP contribution in [0.2, 0.25) is 0 Å². The lowest BCUT2D eigenvalue weighted by Gasteiger charge is -2.31. The lowest BCUT2D eigenvalue weighted by atomic mass is 10.2. The number of hydrogen-bond donors (Lipinski definition) is 1. The van der Waals surface area contributed by atoms with Crippen LogP contribution in [-0.4, -0.2) is 30.6 Å². The minimum absolute atomic E-state index is 0.380. The first kappa shape index (κ1) is 7.03. The van der Waals surface area contributed by atoms with E-state index in [0.29, 0.717) is 6.04 Å². The molecule has 1 heterocycles. The second-order valence-electron chi connectivity index (χ2n) is 2.96. The Hall–Kier alpha value is -0.0800. The van der Waals surface area contributed by atoms with E-state index in [9.17, 15) is 0 Å². The van der Waals surface area contributed by atoms with Crippen molar-refractivity contribution in [3.8, 4) is 0 Å². The number of rotatable bonds is 3. The van der Waals surface area contributed by atoms with Gasteiger partial charge in [-0.05, 0) is 39.4 Å². The molecule has 0 aromatic carbocycles. The predicted octanol–water partition coefficient (Wildman–Crippen LogP) is 0.429. The molecule has 1 saturated heterocycles. The van der Waals surface area contributed by atoms with Gasteiger partial charge in [-0.3, -0.25) is 0 Å². The van der Waals surface area contributed by atoms with Gasteiger partial charge in [0.1, 0.15) is 0 Å². The topological polar surface area (TPSA) is 29.3 Å². The predicted molar refractivity (Wildman–Crippen MR) is 39.3 cm³/mol. The normalized spacial score (nSPS) is 23.3. The van der Waals surface area contributed by atoms with Crippen molar-refractivity contribution in [2.24, 2.45) is 5.73 Å². The Kier molecular flexibility index (Phi) is 2.49. The number of hydrogen-bond acceptors (Lipinski definition) is 2. The summed E-state index contributed by atoms with van der Waals surface area (Å²) in [6.07, 6.45) is 2.54. The molecule has 1 aliphatic heterocycles. The molecule has 2 heteroatoms. The highest BCUT2D eigenvalue weighted by atomic mass is 15.2. The van der Waals surface area contributed by atoms with Crippen molar-refractivity contribution in [1.29, 1.82) is 0 Å². The SMILES string of the molecule is CC(N)CCN1CCC1. The summed E-state index contributed by atoms with van der Waals surface area (Å²) in [5, 5.41) is 0. The molecule has 2 N–H and O–H groups in total. The first-order chi connectivity index (χ1) is 4.29. The summed E-state index contributed by atoms with van der Waals surface area (Å²) in [5.41, 5.74) is 5.59. The third-order valence-electron chi connectivity index (χ3n) is 1.85. The van der Waals surface area contributed by atoms with Gasteiger partial charge in [0.05, 0.1) is 0 Å². The average Bonchev–Trinajstić information content (AvgIpc) is 1.60. The molecule has 0 spiro atoms. The van der Waals surface area contributed by atoms with Gasteiger partial charge in [-0.25, -0.2) is 0 Å². The molecule has 1 atom stereocenters. The number of likely N-dealkylation sites (tertiary alicyclic amines) is 1. The van der Waals surface area contributed by atoms with Crippen molar-refractivity contribution in [3.63, 3.8) is 0 Å². The zero-order valence-electron chi connectivity index (χ0n) is 6.14. The highest BCUT2D eigenvalue weighted by Gasteiger charge is 2.12. The molecule has 0 radical (unpaired) electrons. The smallest absolute Gasteiger partial charge is 0.00226 e. The van der Waals surface area contributed by atoms with E-state index in [1.165, 1.54) is 26.1 Å². The molecule has 54 valence electrons. The lowest BCUT2D eigenvalue weighted by molar-refractivity contribution is 0.176. The third kappa shape index (κ3) is 2.33. The summed E-state index contributed by atoms with van der Waals surface area (Å²) in [6.45, 7) is 5.87. The average molecular weight is 128 g/mol.